The van der Waals surface area contributed by atoms with Crippen molar-refractivity contribution in [3.05, 3.63) is 71.8 Å². The molecule has 7 heteroatoms. The Morgan fingerprint density at radius 1 is 1.00 bits per heavy atom. The molecule has 3 N–H and O–H groups in total. The molecule has 1 atom stereocenters. The highest BCUT2D eigenvalue weighted by Gasteiger charge is 2.27. The molecule has 0 bridgehead atoms. The Bertz CT molecular complexity index is 678. The van der Waals surface area contributed by atoms with E-state index in [1.54, 1.807) is 24.3 Å². The van der Waals surface area contributed by atoms with Gasteiger partial charge in [0.2, 0.25) is 0 Å². The molecule has 25 heavy (non-hydrogen) atoms. The highest BCUT2D eigenvalue weighted by atomic mass is 16.6. The minimum Gasteiger partial charge on any atom is -0.480 e. The van der Waals surface area contributed by atoms with Gasteiger partial charge in [-0.15, -0.1) is 0 Å². The summed E-state index contributed by atoms with van der Waals surface area (Å²) < 4.78 is 5.10. The first-order chi connectivity index (χ1) is 12.1. The summed E-state index contributed by atoms with van der Waals surface area (Å²) in [6.07, 6.45) is -0.792. The van der Waals surface area contributed by atoms with Crippen LogP contribution in [0.2, 0.25) is 0 Å². The second-order valence-electron chi connectivity index (χ2n) is 5.32. The molecule has 2 rings (SSSR count). The highest BCUT2D eigenvalue weighted by molar-refractivity contribution is 5.74. The number of aliphatic hydroxyl groups is 1. The van der Waals surface area contributed by atoms with Gasteiger partial charge in [-0.1, -0.05) is 60.7 Å². The van der Waals surface area contributed by atoms with Gasteiger partial charge in [0, 0.05) is 6.54 Å². The summed E-state index contributed by atoms with van der Waals surface area (Å²) in [4.78, 5) is 23.3. The number of nitrogens with one attached hydrogen (secondary N) is 1. The van der Waals surface area contributed by atoms with E-state index in [1.807, 2.05) is 36.4 Å². The van der Waals surface area contributed by atoms with E-state index in [9.17, 15) is 19.8 Å². The number of hydrazine groups is 1. The predicted molar refractivity (Wildman–Crippen MR) is 90.3 cm³/mol. The standard InChI is InChI=1S/C18H20N2O5/c21-12-16(17(22)23)20(11-14-7-3-1-4-8-14)19-18(24)25-13-15-9-5-2-6-10-15/h1-10,16,21H,11-13H2,(H,19,24)(H,22,23)/t16-/m0/s1. The van der Waals surface area contributed by atoms with Crippen LogP contribution in [0.5, 0.6) is 0 Å². The van der Waals surface area contributed by atoms with E-state index in [0.717, 1.165) is 16.1 Å². The van der Waals surface area contributed by atoms with Gasteiger partial charge in [-0.05, 0) is 11.1 Å². The number of amides is 1. The van der Waals surface area contributed by atoms with Crippen LogP contribution >= 0.6 is 0 Å². The third-order valence-corrected chi connectivity index (χ3v) is 3.48. The number of nitrogens with zero attached hydrogens (tertiary/aromatic N) is 1. The van der Waals surface area contributed by atoms with Gasteiger partial charge in [0.05, 0.1) is 6.61 Å². The minimum absolute atomic E-state index is 0.0582. The largest absolute Gasteiger partial charge is 0.480 e. The van der Waals surface area contributed by atoms with Gasteiger partial charge in [-0.3, -0.25) is 10.2 Å². The maximum Gasteiger partial charge on any atom is 0.422 e. The van der Waals surface area contributed by atoms with E-state index in [1.165, 1.54) is 0 Å². The van der Waals surface area contributed by atoms with Gasteiger partial charge in [-0.25, -0.2) is 4.79 Å². The molecule has 0 aliphatic heterocycles. The number of hydrogen-bond donors (Lipinski definition) is 3. The van der Waals surface area contributed by atoms with Crippen molar-refractivity contribution in [3.8, 4) is 0 Å². The molecule has 0 aliphatic carbocycles. The zero-order chi connectivity index (χ0) is 18.1. The zero-order valence-electron chi connectivity index (χ0n) is 13.5. The van der Waals surface area contributed by atoms with Crippen LogP contribution in [0.15, 0.2) is 60.7 Å². The molecular formula is C18H20N2O5. The number of hydrogen-bond acceptors (Lipinski definition) is 5. The summed E-state index contributed by atoms with van der Waals surface area (Å²) >= 11 is 0. The highest BCUT2D eigenvalue weighted by Crippen LogP contribution is 2.07. The average Bonchev–Trinajstić information content (AvgIpc) is 2.62. The fraction of sp³-hybridized carbons (Fsp3) is 0.222. The van der Waals surface area contributed by atoms with E-state index in [0.29, 0.717) is 0 Å². The number of rotatable bonds is 8. The summed E-state index contributed by atoms with van der Waals surface area (Å²) in [5.74, 6) is -1.25. The van der Waals surface area contributed by atoms with Crippen molar-refractivity contribution in [2.24, 2.45) is 0 Å². The van der Waals surface area contributed by atoms with Crippen LogP contribution in [0, 0.1) is 0 Å². The molecule has 0 unspecified atom stereocenters. The van der Waals surface area contributed by atoms with E-state index in [4.69, 9.17) is 4.74 Å². The quantitative estimate of drug-likeness (QED) is 0.631. The van der Waals surface area contributed by atoms with Crippen LogP contribution in [-0.4, -0.2) is 39.9 Å². The Kier molecular flexibility index (Phi) is 6.94. The summed E-state index contributed by atoms with van der Waals surface area (Å²) in [5.41, 5.74) is 3.99. The molecule has 0 saturated carbocycles. The van der Waals surface area contributed by atoms with Crippen molar-refractivity contribution in [2.75, 3.05) is 6.61 Å². The molecule has 0 spiro atoms. The number of aliphatic carboxylic acids is 1. The van der Waals surface area contributed by atoms with Crippen molar-refractivity contribution in [2.45, 2.75) is 19.2 Å². The molecule has 2 aromatic rings. The Hall–Kier alpha value is -2.90. The predicted octanol–water partition coefficient (Wildman–Crippen LogP) is 1.78. The van der Waals surface area contributed by atoms with Crippen LogP contribution < -0.4 is 5.43 Å². The van der Waals surface area contributed by atoms with Crippen molar-refractivity contribution in [1.29, 1.82) is 0 Å². The molecule has 7 nitrogen and oxygen atoms in total. The number of benzene rings is 2. The van der Waals surface area contributed by atoms with Crippen LogP contribution in [0.1, 0.15) is 11.1 Å². The van der Waals surface area contributed by atoms with Gasteiger partial charge in [0.1, 0.15) is 12.6 Å². The summed E-state index contributed by atoms with van der Waals surface area (Å²) in [6, 6.07) is 16.8. The molecule has 0 radical (unpaired) electrons. The third-order valence-electron chi connectivity index (χ3n) is 3.48. The third kappa shape index (κ3) is 5.91. The normalized spacial score (nSPS) is 11.8. The molecule has 0 heterocycles. The number of carboxylic acids is 1. The minimum atomic E-state index is -1.29. The number of carbonyl (C=O) groups excluding carboxylic acids is 1. The lowest BCUT2D eigenvalue weighted by Gasteiger charge is -2.27. The van der Waals surface area contributed by atoms with E-state index in [2.05, 4.69) is 5.43 Å². The average molecular weight is 344 g/mol. The SMILES string of the molecule is O=C(NN(Cc1ccccc1)[C@@H](CO)C(=O)O)OCc1ccccc1. The van der Waals surface area contributed by atoms with Crippen molar-refractivity contribution >= 4 is 12.1 Å². The first-order valence-electron chi connectivity index (χ1n) is 7.71. The molecule has 0 aromatic heterocycles. The van der Waals surface area contributed by atoms with E-state index >= 15 is 0 Å². The number of ether oxygens (including phenoxy) is 1. The maximum absolute atomic E-state index is 12.0. The number of carboxylic acid groups (broad SMARTS) is 1. The second-order valence-corrected chi connectivity index (χ2v) is 5.32. The molecular weight excluding hydrogens is 324 g/mol. The number of aliphatic hydroxyl groups excluding tert-OH is 1. The van der Waals surface area contributed by atoms with Gasteiger partial charge >= 0.3 is 12.1 Å². The lowest BCUT2D eigenvalue weighted by Crippen LogP contribution is -2.53. The van der Waals surface area contributed by atoms with Crippen LogP contribution in [-0.2, 0) is 22.7 Å². The molecule has 2 aromatic carbocycles. The molecule has 0 saturated heterocycles. The second kappa shape index (κ2) is 9.41. The van der Waals surface area contributed by atoms with Crippen molar-refractivity contribution in [3.63, 3.8) is 0 Å². The molecule has 132 valence electrons. The van der Waals surface area contributed by atoms with E-state index < -0.39 is 24.7 Å². The van der Waals surface area contributed by atoms with E-state index in [-0.39, 0.29) is 13.2 Å². The van der Waals surface area contributed by atoms with Crippen LogP contribution in [0.25, 0.3) is 0 Å². The van der Waals surface area contributed by atoms with Gasteiger partial charge < -0.3 is 14.9 Å². The smallest absolute Gasteiger partial charge is 0.422 e. The van der Waals surface area contributed by atoms with Gasteiger partial charge in [0.25, 0.3) is 0 Å². The fourth-order valence-corrected chi connectivity index (χ4v) is 2.19. The molecule has 0 aliphatic rings. The summed E-state index contributed by atoms with van der Waals surface area (Å²) in [6.45, 7) is -0.483. The van der Waals surface area contributed by atoms with Gasteiger partial charge in [-0.2, -0.15) is 5.01 Å². The Morgan fingerprint density at radius 3 is 2.08 bits per heavy atom. The Labute approximate surface area is 145 Å². The van der Waals surface area contributed by atoms with Crippen molar-refractivity contribution < 1.29 is 24.5 Å². The lowest BCUT2D eigenvalue weighted by molar-refractivity contribution is -0.146. The van der Waals surface area contributed by atoms with Crippen LogP contribution in [0.3, 0.4) is 0 Å². The maximum atomic E-state index is 12.0. The Morgan fingerprint density at radius 2 is 1.56 bits per heavy atom. The van der Waals surface area contributed by atoms with Gasteiger partial charge in [0.15, 0.2) is 0 Å². The summed E-state index contributed by atoms with van der Waals surface area (Å²) in [5, 5.41) is 19.7. The first-order valence-corrected chi connectivity index (χ1v) is 7.71. The molecule has 0 fully saturated rings. The topological polar surface area (TPSA) is 99.1 Å². The Balaban J connectivity index is 2.01. The zero-order valence-corrected chi connectivity index (χ0v) is 13.5. The monoisotopic (exact) mass is 344 g/mol. The summed E-state index contributed by atoms with van der Waals surface area (Å²) in [7, 11) is 0. The van der Waals surface area contributed by atoms with Crippen molar-refractivity contribution in [1.82, 2.24) is 10.4 Å². The van der Waals surface area contributed by atoms with Crippen LogP contribution in [0.4, 0.5) is 4.79 Å². The lowest BCUT2D eigenvalue weighted by atomic mass is 10.2. The number of carbonyl (C=O) groups is 2. The first kappa shape index (κ1) is 18.4. The molecule has 1 amide bonds. The fourth-order valence-electron chi connectivity index (χ4n) is 2.19.